The van der Waals surface area contributed by atoms with Gasteiger partial charge in [-0.2, -0.15) is 0 Å². The molecule has 2 aromatic heterocycles. The maximum Gasteiger partial charge on any atom is 0.251 e. The van der Waals surface area contributed by atoms with E-state index in [4.69, 9.17) is 0 Å². The largest absolute Gasteiger partial charge is 0.373 e. The Hall–Kier alpha value is -1.40. The third-order valence-electron chi connectivity index (χ3n) is 3.04. The van der Waals surface area contributed by atoms with Crippen molar-refractivity contribution in [2.75, 3.05) is 18.9 Å². The fourth-order valence-corrected chi connectivity index (χ4v) is 3.40. The quantitative estimate of drug-likeness (QED) is 0.821. The van der Waals surface area contributed by atoms with Gasteiger partial charge in [0.15, 0.2) is 0 Å². The minimum absolute atomic E-state index is 0.0563. The van der Waals surface area contributed by atoms with E-state index in [9.17, 15) is 4.79 Å². The molecule has 2 aromatic rings. The Morgan fingerprint density at radius 3 is 2.81 bits per heavy atom. The lowest BCUT2D eigenvalue weighted by Crippen LogP contribution is -2.25. The number of aromatic nitrogens is 1. The molecule has 0 unspecified atom stereocenters. The lowest BCUT2D eigenvalue weighted by Gasteiger charge is -2.08. The van der Waals surface area contributed by atoms with Crippen LogP contribution in [0.5, 0.6) is 0 Å². The maximum atomic E-state index is 12.2. The Labute approximate surface area is 137 Å². The van der Waals surface area contributed by atoms with Crippen LogP contribution in [0.4, 0.5) is 5.82 Å². The molecule has 0 aliphatic rings. The second-order valence-corrected chi connectivity index (χ2v) is 7.10. The van der Waals surface area contributed by atoms with E-state index in [1.807, 2.05) is 19.1 Å². The van der Waals surface area contributed by atoms with Crippen LogP contribution in [-0.2, 0) is 12.8 Å². The van der Waals surface area contributed by atoms with Gasteiger partial charge in [0, 0.05) is 29.7 Å². The Morgan fingerprint density at radius 1 is 1.38 bits per heavy atom. The van der Waals surface area contributed by atoms with Crippen molar-refractivity contribution in [2.24, 2.45) is 0 Å². The first-order chi connectivity index (χ1) is 10.1. The molecule has 2 N–H and O–H groups in total. The highest BCUT2D eigenvalue weighted by atomic mass is 79.9. The first-order valence-electron chi connectivity index (χ1n) is 6.83. The number of thiophene rings is 1. The molecule has 21 heavy (non-hydrogen) atoms. The van der Waals surface area contributed by atoms with Gasteiger partial charge in [0.25, 0.3) is 5.91 Å². The van der Waals surface area contributed by atoms with Gasteiger partial charge in [-0.15, -0.1) is 11.3 Å². The number of carbonyl (C=O) groups excluding carboxylic acids is 1. The summed E-state index contributed by atoms with van der Waals surface area (Å²) in [5.41, 5.74) is 1.56. The molecule has 0 fully saturated rings. The highest BCUT2D eigenvalue weighted by Gasteiger charge is 2.09. The third-order valence-corrected chi connectivity index (χ3v) is 4.73. The molecule has 0 spiro atoms. The fraction of sp³-hybridized carbons (Fsp3) is 0.333. The van der Waals surface area contributed by atoms with E-state index in [1.54, 1.807) is 24.5 Å². The Balaban J connectivity index is 1.96. The standard InChI is InChI=1S/C15H18BrN3OS/c1-3-11-8-10(9-14(17-2)19-11)15(20)18-7-6-12-4-5-13(16)21-12/h4-5,8-9H,3,6-7H2,1-2H3,(H,17,19)(H,18,20). The van der Waals surface area contributed by atoms with Crippen molar-refractivity contribution in [3.63, 3.8) is 0 Å². The number of halogens is 1. The zero-order valence-electron chi connectivity index (χ0n) is 12.1. The fourth-order valence-electron chi connectivity index (χ4n) is 1.92. The monoisotopic (exact) mass is 367 g/mol. The average Bonchev–Trinajstić information content (AvgIpc) is 2.92. The van der Waals surface area contributed by atoms with Crippen molar-refractivity contribution in [1.29, 1.82) is 0 Å². The van der Waals surface area contributed by atoms with Crippen molar-refractivity contribution >= 4 is 39.0 Å². The first-order valence-corrected chi connectivity index (χ1v) is 8.44. The number of pyridine rings is 1. The van der Waals surface area contributed by atoms with Crippen LogP contribution in [0.1, 0.15) is 27.9 Å². The molecule has 2 rings (SSSR count). The highest BCUT2D eigenvalue weighted by Crippen LogP contribution is 2.22. The molecule has 0 saturated carbocycles. The van der Waals surface area contributed by atoms with Crippen LogP contribution in [0.25, 0.3) is 0 Å². The van der Waals surface area contributed by atoms with Gasteiger partial charge in [0.1, 0.15) is 5.82 Å². The number of nitrogens with zero attached hydrogens (tertiary/aromatic N) is 1. The van der Waals surface area contributed by atoms with Gasteiger partial charge in [-0.25, -0.2) is 4.98 Å². The van der Waals surface area contributed by atoms with Crippen LogP contribution in [0.15, 0.2) is 28.1 Å². The lowest BCUT2D eigenvalue weighted by molar-refractivity contribution is 0.0954. The number of carbonyl (C=O) groups is 1. The second kappa shape index (κ2) is 7.56. The molecule has 0 radical (unpaired) electrons. The molecule has 0 aliphatic carbocycles. The summed E-state index contributed by atoms with van der Waals surface area (Å²) in [4.78, 5) is 17.8. The van der Waals surface area contributed by atoms with Crippen molar-refractivity contribution in [3.05, 3.63) is 44.2 Å². The molecule has 0 aromatic carbocycles. The van der Waals surface area contributed by atoms with Crippen molar-refractivity contribution < 1.29 is 4.79 Å². The lowest BCUT2D eigenvalue weighted by atomic mass is 10.2. The molecule has 1 amide bonds. The van der Waals surface area contributed by atoms with Crippen molar-refractivity contribution in [3.8, 4) is 0 Å². The van der Waals surface area contributed by atoms with E-state index < -0.39 is 0 Å². The van der Waals surface area contributed by atoms with Crippen molar-refractivity contribution in [2.45, 2.75) is 19.8 Å². The number of rotatable bonds is 6. The zero-order valence-corrected chi connectivity index (χ0v) is 14.5. The van der Waals surface area contributed by atoms with Crippen LogP contribution in [-0.4, -0.2) is 24.5 Å². The van der Waals surface area contributed by atoms with Gasteiger partial charge in [0.05, 0.1) is 3.79 Å². The number of nitrogens with one attached hydrogen (secondary N) is 2. The van der Waals surface area contributed by atoms with Gasteiger partial charge < -0.3 is 10.6 Å². The van der Waals surface area contributed by atoms with Gasteiger partial charge >= 0.3 is 0 Å². The van der Waals surface area contributed by atoms with Gasteiger partial charge in [-0.05, 0) is 53.0 Å². The van der Waals surface area contributed by atoms with Crippen molar-refractivity contribution in [1.82, 2.24) is 10.3 Å². The van der Waals surface area contributed by atoms with E-state index in [1.165, 1.54) is 4.88 Å². The summed E-state index contributed by atoms with van der Waals surface area (Å²) in [6.07, 6.45) is 1.64. The maximum absolute atomic E-state index is 12.2. The first kappa shape index (κ1) is 16.0. The molecule has 2 heterocycles. The molecule has 0 saturated heterocycles. The highest BCUT2D eigenvalue weighted by molar-refractivity contribution is 9.11. The number of hydrogen-bond acceptors (Lipinski definition) is 4. The van der Waals surface area contributed by atoms with Gasteiger partial charge in [-0.3, -0.25) is 4.79 Å². The normalized spacial score (nSPS) is 10.4. The van der Waals surface area contributed by atoms with E-state index >= 15 is 0 Å². The molecule has 112 valence electrons. The summed E-state index contributed by atoms with van der Waals surface area (Å²) in [5, 5.41) is 5.94. The summed E-state index contributed by atoms with van der Waals surface area (Å²) in [7, 11) is 1.80. The predicted molar refractivity (Wildman–Crippen MR) is 91.2 cm³/mol. The Kier molecular flexibility index (Phi) is 5.76. The molecule has 0 bridgehead atoms. The number of anilines is 1. The molecular weight excluding hydrogens is 350 g/mol. The van der Waals surface area contributed by atoms with E-state index in [2.05, 4.69) is 37.6 Å². The predicted octanol–water partition coefficient (Wildman–Crippen LogP) is 3.48. The van der Waals surface area contributed by atoms with Gasteiger partial charge in [-0.1, -0.05) is 6.92 Å². The number of amides is 1. The van der Waals surface area contributed by atoms with Gasteiger partial charge in [0.2, 0.25) is 0 Å². The molecule has 4 nitrogen and oxygen atoms in total. The Bertz CT molecular complexity index is 605. The zero-order chi connectivity index (χ0) is 15.2. The third kappa shape index (κ3) is 4.54. The van der Waals surface area contributed by atoms with E-state index in [-0.39, 0.29) is 5.91 Å². The van der Waals surface area contributed by atoms with Crippen LogP contribution in [0.3, 0.4) is 0 Å². The average molecular weight is 368 g/mol. The number of aryl methyl sites for hydroxylation is 1. The summed E-state index contributed by atoms with van der Waals surface area (Å²) < 4.78 is 1.12. The molecule has 6 heteroatoms. The van der Waals surface area contributed by atoms with E-state index in [0.29, 0.717) is 12.1 Å². The van der Waals surface area contributed by atoms with Crippen LogP contribution < -0.4 is 10.6 Å². The van der Waals surface area contributed by atoms with E-state index in [0.717, 1.165) is 28.1 Å². The summed E-state index contributed by atoms with van der Waals surface area (Å²) in [6, 6.07) is 7.72. The smallest absolute Gasteiger partial charge is 0.251 e. The van der Waals surface area contributed by atoms with Crippen LogP contribution >= 0.6 is 27.3 Å². The summed E-state index contributed by atoms with van der Waals surface area (Å²) >= 11 is 5.13. The summed E-state index contributed by atoms with van der Waals surface area (Å²) in [6.45, 7) is 2.66. The molecule has 0 aliphatic heterocycles. The molecular formula is C15H18BrN3OS. The second-order valence-electron chi connectivity index (χ2n) is 4.55. The molecule has 0 atom stereocenters. The SMILES string of the molecule is CCc1cc(C(=O)NCCc2ccc(Br)s2)cc(NC)n1. The summed E-state index contributed by atoms with van der Waals surface area (Å²) in [5.74, 6) is 0.668. The topological polar surface area (TPSA) is 54.0 Å². The minimum Gasteiger partial charge on any atom is -0.373 e. The number of hydrogen-bond donors (Lipinski definition) is 2. The van der Waals surface area contributed by atoms with Crippen LogP contribution in [0, 0.1) is 0 Å². The minimum atomic E-state index is -0.0563. The van der Waals surface area contributed by atoms with Crippen LogP contribution in [0.2, 0.25) is 0 Å². The Morgan fingerprint density at radius 2 is 2.19 bits per heavy atom.